The Bertz CT molecular complexity index is 639. The third kappa shape index (κ3) is 4.35. The molecule has 0 amide bonds. The summed E-state index contributed by atoms with van der Waals surface area (Å²) in [5.41, 5.74) is 1.80. The van der Waals surface area contributed by atoms with E-state index >= 15 is 0 Å². The van der Waals surface area contributed by atoms with Crippen LogP contribution in [-0.2, 0) is 6.61 Å². The molecular weight excluding hydrogens is 315 g/mol. The van der Waals surface area contributed by atoms with Crippen LogP contribution in [0.25, 0.3) is 0 Å². The molecule has 2 aromatic carbocycles. The quantitative estimate of drug-likeness (QED) is 0.559. The van der Waals surface area contributed by atoms with Crippen molar-refractivity contribution in [2.45, 2.75) is 6.61 Å². The Morgan fingerprint density at radius 1 is 1.00 bits per heavy atom. The number of benzene rings is 2. The first-order valence-electron chi connectivity index (χ1n) is 5.90. The number of hydrogen-bond donors (Lipinski definition) is 0. The summed E-state index contributed by atoms with van der Waals surface area (Å²) in [5.74, 6) is 6.82. The van der Waals surface area contributed by atoms with Gasteiger partial charge in [-0.1, -0.05) is 41.1 Å². The number of ether oxygens (including phenoxy) is 1. The van der Waals surface area contributed by atoms with Crippen molar-refractivity contribution in [1.82, 2.24) is 0 Å². The van der Waals surface area contributed by atoms with Crippen molar-refractivity contribution in [1.29, 1.82) is 0 Å². The molecule has 0 aromatic heterocycles. The Morgan fingerprint density at radius 2 is 1.75 bits per heavy atom. The van der Waals surface area contributed by atoms with Gasteiger partial charge in [0, 0.05) is 21.2 Å². The van der Waals surface area contributed by atoms with Crippen LogP contribution in [-0.4, -0.2) is 5.88 Å². The highest BCUT2D eigenvalue weighted by atomic mass is 35.5. The summed E-state index contributed by atoms with van der Waals surface area (Å²) >= 11 is 17.4. The summed E-state index contributed by atoms with van der Waals surface area (Å²) in [6.07, 6.45) is 0. The van der Waals surface area contributed by atoms with Gasteiger partial charge < -0.3 is 4.74 Å². The predicted octanol–water partition coefficient (Wildman–Crippen LogP) is 5.16. The summed E-state index contributed by atoms with van der Waals surface area (Å²) in [6, 6.07) is 12.8. The minimum Gasteiger partial charge on any atom is -0.489 e. The van der Waals surface area contributed by atoms with E-state index in [1.54, 1.807) is 12.1 Å². The molecule has 0 spiro atoms. The van der Waals surface area contributed by atoms with E-state index in [0.29, 0.717) is 22.5 Å². The van der Waals surface area contributed by atoms with Crippen molar-refractivity contribution in [2.75, 3.05) is 5.88 Å². The third-order valence-corrected chi connectivity index (χ3v) is 3.28. The van der Waals surface area contributed by atoms with Crippen LogP contribution in [0.4, 0.5) is 0 Å². The second-order valence-corrected chi connectivity index (χ2v) is 5.10. The van der Waals surface area contributed by atoms with E-state index in [0.717, 1.165) is 16.9 Å². The molecule has 0 heterocycles. The second-order valence-electron chi connectivity index (χ2n) is 3.98. The first-order chi connectivity index (χ1) is 9.69. The van der Waals surface area contributed by atoms with Crippen LogP contribution < -0.4 is 4.74 Å². The van der Waals surface area contributed by atoms with E-state index in [1.165, 1.54) is 0 Å². The second kappa shape index (κ2) is 7.45. The Labute approximate surface area is 133 Å². The molecule has 0 fully saturated rings. The lowest BCUT2D eigenvalue weighted by Gasteiger charge is -2.08. The number of alkyl halides is 1. The molecule has 0 N–H and O–H groups in total. The molecule has 2 aromatic rings. The summed E-state index contributed by atoms with van der Waals surface area (Å²) in [7, 11) is 0. The fraction of sp³-hybridized carbons (Fsp3) is 0.125. The first-order valence-corrected chi connectivity index (χ1v) is 7.19. The zero-order valence-corrected chi connectivity index (χ0v) is 12.8. The van der Waals surface area contributed by atoms with E-state index in [9.17, 15) is 0 Å². The Morgan fingerprint density at radius 3 is 2.40 bits per heavy atom. The predicted molar refractivity (Wildman–Crippen MR) is 84.8 cm³/mol. The van der Waals surface area contributed by atoms with Gasteiger partial charge in [0.2, 0.25) is 0 Å². The zero-order valence-electron chi connectivity index (χ0n) is 10.5. The van der Waals surface area contributed by atoms with Crippen molar-refractivity contribution in [3.8, 4) is 17.6 Å². The first kappa shape index (κ1) is 15.1. The molecule has 0 radical (unpaired) electrons. The average molecular weight is 326 g/mol. The van der Waals surface area contributed by atoms with Crippen LogP contribution in [0.3, 0.4) is 0 Å². The molecule has 1 nitrogen and oxygen atoms in total. The van der Waals surface area contributed by atoms with E-state index < -0.39 is 0 Å². The fourth-order valence-corrected chi connectivity index (χ4v) is 2.10. The third-order valence-electron chi connectivity index (χ3n) is 2.56. The molecule has 4 heteroatoms. The average Bonchev–Trinajstić information content (AvgIpc) is 2.45. The molecule has 2 rings (SSSR count). The molecule has 0 atom stereocenters. The van der Waals surface area contributed by atoms with Crippen molar-refractivity contribution in [2.24, 2.45) is 0 Å². The SMILES string of the molecule is ClCC#Cc1ccc(OCc2ccc(Cl)cc2Cl)cc1. The maximum atomic E-state index is 6.08. The van der Waals surface area contributed by atoms with Crippen molar-refractivity contribution in [3.63, 3.8) is 0 Å². The summed E-state index contributed by atoms with van der Waals surface area (Å²) in [5, 5.41) is 1.21. The van der Waals surface area contributed by atoms with Gasteiger partial charge in [-0.3, -0.25) is 0 Å². The summed E-state index contributed by atoms with van der Waals surface area (Å²) in [4.78, 5) is 0. The molecule has 0 bridgehead atoms. The van der Waals surface area contributed by atoms with Gasteiger partial charge >= 0.3 is 0 Å². The smallest absolute Gasteiger partial charge is 0.119 e. The van der Waals surface area contributed by atoms with E-state index in [4.69, 9.17) is 39.5 Å². The van der Waals surface area contributed by atoms with Crippen molar-refractivity contribution < 1.29 is 4.74 Å². The molecule has 0 aliphatic carbocycles. The molecule has 0 aliphatic rings. The van der Waals surface area contributed by atoms with Gasteiger partial charge in [-0.25, -0.2) is 0 Å². The van der Waals surface area contributed by atoms with Gasteiger partial charge in [0.15, 0.2) is 0 Å². The molecule has 0 unspecified atom stereocenters. The van der Waals surface area contributed by atoms with Gasteiger partial charge in [-0.15, -0.1) is 11.6 Å². The Balaban J connectivity index is 2.00. The largest absolute Gasteiger partial charge is 0.489 e. The van der Waals surface area contributed by atoms with E-state index in [-0.39, 0.29) is 0 Å². The van der Waals surface area contributed by atoms with Gasteiger partial charge in [0.25, 0.3) is 0 Å². The van der Waals surface area contributed by atoms with Crippen LogP contribution in [0.2, 0.25) is 10.0 Å². The van der Waals surface area contributed by atoms with E-state index in [2.05, 4.69) is 11.8 Å². The normalized spacial score (nSPS) is 9.75. The maximum absolute atomic E-state index is 6.08. The van der Waals surface area contributed by atoms with Gasteiger partial charge in [-0.2, -0.15) is 0 Å². The standard InChI is InChI=1S/C16H11Cl3O/c17-9-1-2-12-3-7-15(8-4-12)20-11-13-5-6-14(18)10-16(13)19/h3-8,10H,9,11H2. The number of halogens is 3. The van der Waals surface area contributed by atoms with Gasteiger partial charge in [0.1, 0.15) is 12.4 Å². The van der Waals surface area contributed by atoms with Crippen LogP contribution in [0, 0.1) is 11.8 Å². The maximum Gasteiger partial charge on any atom is 0.119 e. The lowest BCUT2D eigenvalue weighted by atomic mass is 10.2. The van der Waals surface area contributed by atoms with Gasteiger partial charge in [-0.05, 0) is 36.4 Å². The molecular formula is C16H11Cl3O. The molecule has 20 heavy (non-hydrogen) atoms. The lowest BCUT2D eigenvalue weighted by Crippen LogP contribution is -1.96. The number of rotatable bonds is 3. The van der Waals surface area contributed by atoms with Crippen molar-refractivity contribution >= 4 is 34.8 Å². The van der Waals surface area contributed by atoms with Crippen molar-refractivity contribution in [3.05, 3.63) is 63.6 Å². The highest BCUT2D eigenvalue weighted by molar-refractivity contribution is 6.35. The molecule has 0 saturated carbocycles. The molecule has 0 saturated heterocycles. The van der Waals surface area contributed by atoms with Crippen LogP contribution in [0.5, 0.6) is 5.75 Å². The highest BCUT2D eigenvalue weighted by Crippen LogP contribution is 2.22. The minimum atomic E-state index is 0.327. The fourth-order valence-electron chi connectivity index (χ4n) is 1.57. The number of hydrogen-bond acceptors (Lipinski definition) is 1. The summed E-state index contributed by atoms with van der Waals surface area (Å²) in [6.45, 7) is 0.392. The zero-order chi connectivity index (χ0) is 14.4. The van der Waals surface area contributed by atoms with Crippen LogP contribution in [0.15, 0.2) is 42.5 Å². The lowest BCUT2D eigenvalue weighted by molar-refractivity contribution is 0.306. The van der Waals surface area contributed by atoms with E-state index in [1.807, 2.05) is 30.3 Å². The molecule has 0 aliphatic heterocycles. The monoisotopic (exact) mass is 324 g/mol. The topological polar surface area (TPSA) is 9.23 Å². The summed E-state index contributed by atoms with van der Waals surface area (Å²) < 4.78 is 5.67. The molecule has 102 valence electrons. The highest BCUT2D eigenvalue weighted by Gasteiger charge is 2.02. The van der Waals surface area contributed by atoms with Crippen LogP contribution in [0.1, 0.15) is 11.1 Å². The Kier molecular flexibility index (Phi) is 5.61. The van der Waals surface area contributed by atoms with Crippen LogP contribution >= 0.6 is 34.8 Å². The Hall–Kier alpha value is -1.33. The van der Waals surface area contributed by atoms with Gasteiger partial charge in [0.05, 0.1) is 5.88 Å². The minimum absolute atomic E-state index is 0.327.